The van der Waals surface area contributed by atoms with E-state index >= 15 is 0 Å². The molecule has 0 fully saturated rings. The van der Waals surface area contributed by atoms with Crippen molar-refractivity contribution in [2.75, 3.05) is 12.0 Å². The van der Waals surface area contributed by atoms with Crippen LogP contribution in [0, 0.1) is 4.64 Å². The largest absolute Gasteiger partial charge is 0.260 e. The van der Waals surface area contributed by atoms with E-state index in [1.807, 2.05) is 18.2 Å². The minimum Gasteiger partial charge on any atom is -0.260 e. The van der Waals surface area contributed by atoms with Crippen molar-refractivity contribution < 1.29 is 4.21 Å². The fourth-order valence-electron chi connectivity index (χ4n) is 1.53. The Morgan fingerprint density at radius 2 is 2.29 bits per heavy atom. The summed E-state index contributed by atoms with van der Waals surface area (Å²) in [7, 11) is -0.826. The van der Waals surface area contributed by atoms with Crippen LogP contribution in [0.3, 0.4) is 0 Å². The number of fused-ring (bicyclic) bond motifs is 1. The molecule has 2 rings (SSSR count). The molecule has 0 radical (unpaired) electrons. The first-order valence-corrected chi connectivity index (χ1v) is 7.96. The van der Waals surface area contributed by atoms with Crippen molar-refractivity contribution in [3.63, 3.8) is 0 Å². The molecule has 0 aliphatic heterocycles. The minimum atomic E-state index is -0.826. The highest BCUT2D eigenvalue weighted by Crippen LogP contribution is 2.19. The first kappa shape index (κ1) is 12.9. The molecular weight excluding hydrogens is 320 g/mol. The molecule has 90 valence electrons. The molecule has 2 aromatic rings. The molecule has 1 atom stereocenters. The van der Waals surface area contributed by atoms with Gasteiger partial charge in [0.1, 0.15) is 4.64 Å². The molecule has 1 heterocycles. The van der Waals surface area contributed by atoms with Crippen LogP contribution in [-0.2, 0) is 17.3 Å². The lowest BCUT2D eigenvalue weighted by molar-refractivity contribution is 0.630. The lowest BCUT2D eigenvalue weighted by Gasteiger charge is -2.06. The highest BCUT2D eigenvalue weighted by atomic mass is 79.9. The molecule has 0 saturated heterocycles. The van der Waals surface area contributed by atoms with Crippen LogP contribution in [0.15, 0.2) is 28.9 Å². The number of aromatic nitrogens is 2. The Hall–Kier alpha value is -0.590. The number of nitrogens with zero attached hydrogens (tertiary/aromatic N) is 2. The first-order valence-electron chi connectivity index (χ1n) is 5.03. The zero-order valence-electron chi connectivity index (χ0n) is 9.22. The third-order valence-electron chi connectivity index (χ3n) is 2.41. The molecule has 3 nitrogen and oxygen atoms in total. The van der Waals surface area contributed by atoms with Gasteiger partial charge in [-0.05, 0) is 12.1 Å². The van der Waals surface area contributed by atoms with Crippen molar-refractivity contribution in [3.05, 3.63) is 33.5 Å². The average Bonchev–Trinajstić information content (AvgIpc) is 2.27. The SMILES string of the molecule is CS(=O)CCn1ncc2cc(Br)ccc2c1=S. The number of halogens is 1. The number of aryl methyl sites for hydroxylation is 1. The van der Waals surface area contributed by atoms with Crippen LogP contribution in [0.4, 0.5) is 0 Å². The summed E-state index contributed by atoms with van der Waals surface area (Å²) in [5, 5.41) is 6.29. The maximum atomic E-state index is 11.1. The van der Waals surface area contributed by atoms with Gasteiger partial charge >= 0.3 is 0 Å². The van der Waals surface area contributed by atoms with Gasteiger partial charge in [-0.3, -0.25) is 8.89 Å². The van der Waals surface area contributed by atoms with E-state index in [4.69, 9.17) is 12.2 Å². The van der Waals surface area contributed by atoms with Crippen molar-refractivity contribution in [3.8, 4) is 0 Å². The van der Waals surface area contributed by atoms with E-state index in [1.54, 1.807) is 17.1 Å². The van der Waals surface area contributed by atoms with Crippen molar-refractivity contribution >= 4 is 49.7 Å². The van der Waals surface area contributed by atoms with Gasteiger partial charge in [-0.2, -0.15) is 5.10 Å². The van der Waals surface area contributed by atoms with E-state index in [1.165, 1.54) is 0 Å². The summed E-state index contributed by atoms with van der Waals surface area (Å²) in [5.74, 6) is 0.573. The molecule has 0 aliphatic rings. The molecule has 0 saturated carbocycles. The zero-order valence-corrected chi connectivity index (χ0v) is 12.4. The summed E-state index contributed by atoms with van der Waals surface area (Å²) in [6.07, 6.45) is 3.47. The fraction of sp³-hybridized carbons (Fsp3) is 0.273. The van der Waals surface area contributed by atoms with Crippen LogP contribution in [0.2, 0.25) is 0 Å². The highest BCUT2D eigenvalue weighted by Gasteiger charge is 2.02. The number of hydrogen-bond donors (Lipinski definition) is 0. The lowest BCUT2D eigenvalue weighted by Crippen LogP contribution is -2.10. The van der Waals surface area contributed by atoms with Crippen LogP contribution in [0.5, 0.6) is 0 Å². The highest BCUT2D eigenvalue weighted by molar-refractivity contribution is 9.10. The predicted molar refractivity (Wildman–Crippen MR) is 77.2 cm³/mol. The summed E-state index contributed by atoms with van der Waals surface area (Å²) in [6.45, 7) is 0.591. The summed E-state index contributed by atoms with van der Waals surface area (Å²) in [5.41, 5.74) is 0. The Morgan fingerprint density at radius 1 is 1.53 bits per heavy atom. The Morgan fingerprint density at radius 3 is 3.00 bits per heavy atom. The minimum absolute atomic E-state index is 0.573. The number of hydrogen-bond acceptors (Lipinski definition) is 3. The smallest absolute Gasteiger partial charge is 0.130 e. The topological polar surface area (TPSA) is 34.9 Å². The zero-order chi connectivity index (χ0) is 12.4. The van der Waals surface area contributed by atoms with Crippen LogP contribution in [-0.4, -0.2) is 26.0 Å². The molecule has 17 heavy (non-hydrogen) atoms. The van der Waals surface area contributed by atoms with Gasteiger partial charge in [0.2, 0.25) is 0 Å². The third kappa shape index (κ3) is 3.00. The second-order valence-corrected chi connectivity index (χ2v) is 6.54. The molecule has 6 heteroatoms. The molecular formula is C11H11BrN2OS2. The summed E-state index contributed by atoms with van der Waals surface area (Å²) in [4.78, 5) is 0. The van der Waals surface area contributed by atoms with Gasteiger partial charge in [-0.15, -0.1) is 0 Å². The Balaban J connectivity index is 2.47. The van der Waals surface area contributed by atoms with Crippen LogP contribution in [0.1, 0.15) is 0 Å². The van der Waals surface area contributed by atoms with Crippen LogP contribution in [0.25, 0.3) is 10.8 Å². The van der Waals surface area contributed by atoms with Gasteiger partial charge in [-0.25, -0.2) is 0 Å². The van der Waals surface area contributed by atoms with E-state index in [0.717, 1.165) is 15.2 Å². The maximum absolute atomic E-state index is 11.1. The molecule has 0 N–H and O–H groups in total. The van der Waals surface area contributed by atoms with Gasteiger partial charge < -0.3 is 0 Å². The van der Waals surface area contributed by atoms with E-state index in [2.05, 4.69) is 21.0 Å². The Labute approximate surface area is 115 Å². The van der Waals surface area contributed by atoms with E-state index in [0.29, 0.717) is 16.9 Å². The Kier molecular flexibility index (Phi) is 4.06. The predicted octanol–water partition coefficient (Wildman–Crippen LogP) is 2.91. The molecule has 0 bridgehead atoms. The second kappa shape index (κ2) is 5.37. The van der Waals surface area contributed by atoms with Crippen molar-refractivity contribution in [1.29, 1.82) is 0 Å². The first-order chi connectivity index (χ1) is 8.08. The van der Waals surface area contributed by atoms with E-state index in [-0.39, 0.29) is 0 Å². The fourth-order valence-corrected chi connectivity index (χ4v) is 2.67. The van der Waals surface area contributed by atoms with Gasteiger partial charge in [0, 0.05) is 38.1 Å². The third-order valence-corrected chi connectivity index (χ3v) is 4.09. The van der Waals surface area contributed by atoms with Gasteiger partial charge in [0.25, 0.3) is 0 Å². The van der Waals surface area contributed by atoms with Crippen molar-refractivity contribution in [1.82, 2.24) is 9.78 Å². The second-order valence-electron chi connectivity index (χ2n) is 3.68. The molecule has 0 spiro atoms. The molecule has 1 aromatic heterocycles. The van der Waals surface area contributed by atoms with Gasteiger partial charge in [-0.1, -0.05) is 34.2 Å². The standard InChI is InChI=1S/C11H11BrN2OS2/c1-17(15)5-4-14-11(16)10-3-2-9(12)6-8(10)7-13-14/h2-3,6-7H,4-5H2,1H3. The summed E-state index contributed by atoms with van der Waals surface area (Å²) >= 11 is 8.79. The lowest BCUT2D eigenvalue weighted by atomic mass is 10.2. The molecule has 1 unspecified atom stereocenters. The van der Waals surface area contributed by atoms with Crippen molar-refractivity contribution in [2.45, 2.75) is 6.54 Å². The quantitative estimate of drug-likeness (QED) is 0.811. The van der Waals surface area contributed by atoms with E-state index in [9.17, 15) is 4.21 Å². The van der Waals surface area contributed by atoms with E-state index < -0.39 is 10.8 Å². The molecule has 0 aliphatic carbocycles. The molecule has 1 aromatic carbocycles. The van der Waals surface area contributed by atoms with Gasteiger partial charge in [0.15, 0.2) is 0 Å². The number of benzene rings is 1. The Bertz CT molecular complexity index is 639. The summed E-state index contributed by atoms with van der Waals surface area (Å²) in [6, 6.07) is 5.92. The maximum Gasteiger partial charge on any atom is 0.130 e. The van der Waals surface area contributed by atoms with Crippen LogP contribution < -0.4 is 0 Å². The van der Waals surface area contributed by atoms with Crippen LogP contribution >= 0.6 is 28.1 Å². The monoisotopic (exact) mass is 330 g/mol. The van der Waals surface area contributed by atoms with Gasteiger partial charge in [0.05, 0.1) is 12.7 Å². The molecule has 0 amide bonds. The normalized spacial score (nSPS) is 12.8. The average molecular weight is 331 g/mol. The summed E-state index contributed by atoms with van der Waals surface area (Å²) < 4.78 is 14.5. The van der Waals surface area contributed by atoms with Crippen molar-refractivity contribution in [2.24, 2.45) is 0 Å². The number of rotatable bonds is 3.